The number of rotatable bonds is 2. The fraction of sp³-hybridized carbons (Fsp3) is 0.727. The molecule has 1 aliphatic heterocycles. The molecule has 0 spiro atoms. The van der Waals surface area contributed by atoms with E-state index in [1.54, 1.807) is 0 Å². The van der Waals surface area contributed by atoms with E-state index in [1.165, 1.54) is 17.8 Å². The molecule has 1 aromatic heterocycles. The van der Waals surface area contributed by atoms with Crippen molar-refractivity contribution in [2.75, 3.05) is 35.7 Å². The van der Waals surface area contributed by atoms with Crippen molar-refractivity contribution in [1.29, 1.82) is 0 Å². The number of thioether (sulfide) groups is 1. The zero-order chi connectivity index (χ0) is 14.3. The van der Waals surface area contributed by atoms with E-state index in [4.69, 9.17) is 5.73 Å². The number of aromatic nitrogens is 1. The molecule has 0 aliphatic carbocycles. The molecule has 1 fully saturated rings. The third-order valence-corrected chi connectivity index (χ3v) is 6.72. The van der Waals surface area contributed by atoms with E-state index >= 15 is 0 Å². The quantitative estimate of drug-likeness (QED) is 0.896. The van der Waals surface area contributed by atoms with E-state index in [0.717, 1.165) is 25.3 Å². The van der Waals surface area contributed by atoms with Crippen molar-refractivity contribution >= 4 is 44.0 Å². The lowest BCUT2D eigenvalue weighted by Gasteiger charge is -2.23. The van der Waals surface area contributed by atoms with Crippen LogP contribution in [0.15, 0.2) is 4.90 Å². The Labute approximate surface area is 122 Å². The first-order valence-corrected chi connectivity index (χ1v) is 9.70. The van der Waals surface area contributed by atoms with Crippen LogP contribution in [0.1, 0.15) is 20.3 Å². The van der Waals surface area contributed by atoms with Crippen LogP contribution in [0.3, 0.4) is 0 Å². The van der Waals surface area contributed by atoms with Gasteiger partial charge in [-0.15, -0.1) is 0 Å². The molecule has 0 bridgehead atoms. The first kappa shape index (κ1) is 14.9. The van der Waals surface area contributed by atoms with Crippen LogP contribution in [0, 0.1) is 0 Å². The summed E-state index contributed by atoms with van der Waals surface area (Å²) in [7, 11) is -3.34. The highest BCUT2D eigenvalue weighted by Crippen LogP contribution is 2.38. The minimum atomic E-state index is -3.34. The van der Waals surface area contributed by atoms with E-state index in [-0.39, 0.29) is 15.5 Å². The normalized spacial score (nSPS) is 20.3. The molecule has 2 N–H and O–H groups in total. The molecule has 2 rings (SSSR count). The van der Waals surface area contributed by atoms with Crippen molar-refractivity contribution < 1.29 is 8.42 Å². The summed E-state index contributed by atoms with van der Waals surface area (Å²) >= 11 is 3.10. The van der Waals surface area contributed by atoms with Crippen LogP contribution in [-0.4, -0.2) is 42.6 Å². The maximum atomic E-state index is 11.8. The summed E-state index contributed by atoms with van der Waals surface area (Å²) in [6, 6.07) is 0. The van der Waals surface area contributed by atoms with Crippen molar-refractivity contribution in [1.82, 2.24) is 4.37 Å². The second-order valence-corrected chi connectivity index (χ2v) is 9.83. The number of sulfone groups is 1. The number of hydrogen-bond donors (Lipinski definition) is 1. The predicted octanol–water partition coefficient (Wildman–Crippen LogP) is 1.85. The maximum Gasteiger partial charge on any atom is 0.182 e. The SMILES string of the molecule is CC1(C)CCN(c2snc(N)c2S(C)(=O)=O)CCS1. The predicted molar refractivity (Wildman–Crippen MR) is 83.0 cm³/mol. The highest BCUT2D eigenvalue weighted by Gasteiger charge is 2.29. The summed E-state index contributed by atoms with van der Waals surface area (Å²) in [4.78, 5) is 2.30. The third kappa shape index (κ3) is 3.35. The molecule has 19 heavy (non-hydrogen) atoms. The molecule has 5 nitrogen and oxygen atoms in total. The van der Waals surface area contributed by atoms with Gasteiger partial charge in [-0.05, 0) is 18.0 Å². The van der Waals surface area contributed by atoms with Gasteiger partial charge in [0.15, 0.2) is 15.7 Å². The summed E-state index contributed by atoms with van der Waals surface area (Å²) in [5, 5.41) is 0.693. The Morgan fingerprint density at radius 3 is 2.68 bits per heavy atom. The summed E-state index contributed by atoms with van der Waals surface area (Å²) in [6.45, 7) is 6.11. The molecule has 2 heterocycles. The summed E-state index contributed by atoms with van der Waals surface area (Å²) < 4.78 is 27.9. The zero-order valence-corrected chi connectivity index (χ0v) is 13.8. The van der Waals surface area contributed by atoms with E-state index in [0.29, 0.717) is 5.00 Å². The van der Waals surface area contributed by atoms with E-state index in [9.17, 15) is 8.42 Å². The second kappa shape index (κ2) is 5.14. The minimum absolute atomic E-state index is 0.124. The Bertz CT molecular complexity index is 566. The second-order valence-electron chi connectivity index (χ2n) is 5.32. The van der Waals surface area contributed by atoms with Gasteiger partial charge in [-0.25, -0.2) is 8.42 Å². The minimum Gasteiger partial charge on any atom is -0.382 e. The van der Waals surface area contributed by atoms with Crippen LogP contribution in [0.25, 0.3) is 0 Å². The molecule has 0 amide bonds. The van der Waals surface area contributed by atoms with Crippen LogP contribution in [-0.2, 0) is 9.84 Å². The van der Waals surface area contributed by atoms with Gasteiger partial charge in [0.05, 0.1) is 0 Å². The average molecular weight is 321 g/mol. The summed E-state index contributed by atoms with van der Waals surface area (Å²) in [6.07, 6.45) is 2.20. The summed E-state index contributed by atoms with van der Waals surface area (Å²) in [5.41, 5.74) is 5.71. The van der Waals surface area contributed by atoms with Gasteiger partial charge in [-0.2, -0.15) is 16.1 Å². The van der Waals surface area contributed by atoms with Gasteiger partial charge < -0.3 is 10.6 Å². The van der Waals surface area contributed by atoms with Crippen LogP contribution in [0.2, 0.25) is 0 Å². The van der Waals surface area contributed by atoms with Crippen LogP contribution in [0.5, 0.6) is 0 Å². The molecule has 0 unspecified atom stereocenters. The lowest BCUT2D eigenvalue weighted by molar-refractivity contribution is 0.601. The smallest absolute Gasteiger partial charge is 0.182 e. The molecular formula is C11H19N3O2S3. The number of hydrogen-bond acceptors (Lipinski definition) is 7. The van der Waals surface area contributed by atoms with Gasteiger partial charge in [-0.1, -0.05) is 13.8 Å². The standard InChI is InChI=1S/C11H19N3O2S3/c1-11(2)4-5-14(6-7-17-11)10-8(19(3,15)16)9(12)13-18-10/h4-7H2,1-3H3,(H2,12,13). The lowest BCUT2D eigenvalue weighted by Crippen LogP contribution is -2.27. The number of nitrogens with two attached hydrogens (primary N) is 1. The van der Waals surface area contributed by atoms with Gasteiger partial charge in [0.2, 0.25) is 0 Å². The van der Waals surface area contributed by atoms with Gasteiger partial charge in [0.1, 0.15) is 9.90 Å². The van der Waals surface area contributed by atoms with Crippen molar-refractivity contribution in [3.63, 3.8) is 0 Å². The van der Waals surface area contributed by atoms with Crippen LogP contribution < -0.4 is 10.6 Å². The third-order valence-electron chi connectivity index (χ3n) is 3.15. The first-order chi connectivity index (χ1) is 8.71. The summed E-state index contributed by atoms with van der Waals surface area (Å²) in [5.74, 6) is 1.10. The Morgan fingerprint density at radius 2 is 2.05 bits per heavy atom. The topological polar surface area (TPSA) is 76.3 Å². The van der Waals surface area contributed by atoms with Crippen molar-refractivity contribution in [2.24, 2.45) is 0 Å². The number of anilines is 2. The lowest BCUT2D eigenvalue weighted by atomic mass is 10.1. The van der Waals surface area contributed by atoms with Crippen molar-refractivity contribution in [2.45, 2.75) is 29.9 Å². The Morgan fingerprint density at radius 1 is 1.37 bits per heavy atom. The van der Waals surface area contributed by atoms with Crippen molar-refractivity contribution in [3.05, 3.63) is 0 Å². The fourth-order valence-electron chi connectivity index (χ4n) is 2.06. The van der Waals surface area contributed by atoms with E-state index < -0.39 is 9.84 Å². The zero-order valence-electron chi connectivity index (χ0n) is 11.3. The highest BCUT2D eigenvalue weighted by molar-refractivity contribution is 8.00. The van der Waals surface area contributed by atoms with Gasteiger partial charge >= 0.3 is 0 Å². The molecule has 1 aromatic rings. The molecule has 0 aromatic carbocycles. The molecule has 0 atom stereocenters. The Balaban J connectivity index is 2.33. The highest BCUT2D eigenvalue weighted by atomic mass is 32.2. The van der Waals surface area contributed by atoms with Crippen LogP contribution >= 0.6 is 23.3 Å². The first-order valence-electron chi connectivity index (χ1n) is 6.05. The Hall–Kier alpha value is -0.470. The maximum absolute atomic E-state index is 11.8. The molecule has 1 aliphatic rings. The van der Waals surface area contributed by atoms with Gasteiger partial charge in [-0.3, -0.25) is 0 Å². The fourth-order valence-corrected chi connectivity index (χ4v) is 5.42. The molecule has 8 heteroatoms. The molecule has 108 valence electrons. The van der Waals surface area contributed by atoms with E-state index in [2.05, 4.69) is 23.1 Å². The molecule has 0 saturated carbocycles. The van der Waals surface area contributed by atoms with Crippen LogP contribution in [0.4, 0.5) is 10.8 Å². The number of nitrogen functional groups attached to an aromatic ring is 1. The van der Waals surface area contributed by atoms with E-state index in [1.807, 2.05) is 11.8 Å². The van der Waals surface area contributed by atoms with Gasteiger partial charge in [0, 0.05) is 29.8 Å². The van der Waals surface area contributed by atoms with Gasteiger partial charge in [0.25, 0.3) is 0 Å². The largest absolute Gasteiger partial charge is 0.382 e. The molecule has 0 radical (unpaired) electrons. The molecule has 1 saturated heterocycles. The number of nitrogens with zero attached hydrogens (tertiary/aromatic N) is 2. The average Bonchev–Trinajstić information content (AvgIpc) is 2.55. The van der Waals surface area contributed by atoms with Crippen molar-refractivity contribution in [3.8, 4) is 0 Å². The monoisotopic (exact) mass is 321 g/mol. The molecular weight excluding hydrogens is 302 g/mol. The Kier molecular flexibility index (Phi) is 4.04.